The monoisotopic (exact) mass is 317 g/mol. The molecule has 116 valence electrons. The van der Waals surface area contributed by atoms with Crippen LogP contribution in [0.1, 0.15) is 29.7 Å². The lowest BCUT2D eigenvalue weighted by Gasteiger charge is -2.16. The van der Waals surface area contributed by atoms with E-state index in [9.17, 15) is 4.79 Å². The molecule has 0 radical (unpaired) electrons. The maximum atomic E-state index is 12.0. The summed E-state index contributed by atoms with van der Waals surface area (Å²) in [7, 11) is 0. The Morgan fingerprint density at radius 3 is 2.45 bits per heavy atom. The van der Waals surface area contributed by atoms with Crippen LogP contribution >= 0.6 is 11.6 Å². The Morgan fingerprint density at radius 2 is 1.82 bits per heavy atom. The van der Waals surface area contributed by atoms with Crippen molar-refractivity contribution in [2.75, 3.05) is 6.61 Å². The predicted octanol–water partition coefficient (Wildman–Crippen LogP) is 4.21. The van der Waals surface area contributed by atoms with Crippen LogP contribution in [0, 0.1) is 13.8 Å². The molecule has 0 saturated heterocycles. The van der Waals surface area contributed by atoms with Crippen LogP contribution in [-0.4, -0.2) is 12.5 Å². The van der Waals surface area contributed by atoms with Gasteiger partial charge in [0.25, 0.3) is 5.91 Å². The average Bonchev–Trinajstić information content (AvgIpc) is 2.49. The number of rotatable bonds is 5. The number of hydrogen-bond donors (Lipinski definition) is 1. The molecule has 1 N–H and O–H groups in total. The molecule has 0 unspecified atom stereocenters. The Kier molecular flexibility index (Phi) is 5.45. The molecule has 2 rings (SSSR count). The fourth-order valence-electron chi connectivity index (χ4n) is 2.08. The minimum atomic E-state index is -0.152. The second kappa shape index (κ2) is 7.32. The van der Waals surface area contributed by atoms with Gasteiger partial charge in [-0.15, -0.1) is 0 Å². The van der Waals surface area contributed by atoms with E-state index in [2.05, 4.69) is 31.3 Å². The highest BCUT2D eigenvalue weighted by molar-refractivity contribution is 6.30. The maximum Gasteiger partial charge on any atom is 0.258 e. The van der Waals surface area contributed by atoms with Crippen molar-refractivity contribution in [2.24, 2.45) is 0 Å². The molecule has 1 atom stereocenters. The van der Waals surface area contributed by atoms with E-state index in [0.29, 0.717) is 10.8 Å². The topological polar surface area (TPSA) is 38.3 Å². The number of aryl methyl sites for hydroxylation is 2. The normalized spacial score (nSPS) is 11.8. The summed E-state index contributed by atoms with van der Waals surface area (Å²) in [6.07, 6.45) is 0. The first kappa shape index (κ1) is 16.4. The molecular formula is C18H20ClNO2. The summed E-state index contributed by atoms with van der Waals surface area (Å²) in [6.45, 7) is 6.08. The molecule has 0 saturated carbocycles. The molecule has 2 aromatic carbocycles. The summed E-state index contributed by atoms with van der Waals surface area (Å²) in [6, 6.07) is 13.1. The number of carbonyl (C=O) groups excluding carboxylic acids is 1. The number of halogens is 1. The zero-order valence-electron chi connectivity index (χ0n) is 13.0. The Balaban J connectivity index is 1.88. The largest absolute Gasteiger partial charge is 0.484 e. The van der Waals surface area contributed by atoms with Gasteiger partial charge in [-0.1, -0.05) is 29.8 Å². The molecule has 0 aliphatic rings. The van der Waals surface area contributed by atoms with Crippen molar-refractivity contribution >= 4 is 17.5 Å². The lowest BCUT2D eigenvalue weighted by atomic mass is 10.0. The summed E-state index contributed by atoms with van der Waals surface area (Å²) in [4.78, 5) is 12.0. The number of ether oxygens (including phenoxy) is 1. The highest BCUT2D eigenvalue weighted by atomic mass is 35.5. The molecule has 0 bridgehead atoms. The minimum Gasteiger partial charge on any atom is -0.484 e. The van der Waals surface area contributed by atoms with Crippen LogP contribution in [0.4, 0.5) is 0 Å². The van der Waals surface area contributed by atoms with E-state index in [-0.39, 0.29) is 18.6 Å². The molecule has 0 heterocycles. The standard InChI is InChI=1S/C18H20ClNO2/c1-12-4-5-15(10-13(12)2)14(3)20-18(21)11-22-17-8-6-16(19)7-9-17/h4-10,14H,11H2,1-3H3,(H,20,21)/t14-/m1/s1. The van der Waals surface area contributed by atoms with Gasteiger partial charge in [0.1, 0.15) is 5.75 Å². The Hall–Kier alpha value is -2.00. The third-order valence-corrected chi connectivity index (χ3v) is 3.84. The van der Waals surface area contributed by atoms with Crippen molar-refractivity contribution in [3.05, 3.63) is 64.2 Å². The quantitative estimate of drug-likeness (QED) is 0.897. The first-order chi connectivity index (χ1) is 10.5. The second-order valence-corrected chi connectivity index (χ2v) is 5.81. The van der Waals surface area contributed by atoms with Gasteiger partial charge in [-0.2, -0.15) is 0 Å². The minimum absolute atomic E-state index is 0.0170. The van der Waals surface area contributed by atoms with E-state index < -0.39 is 0 Å². The molecule has 2 aromatic rings. The Bertz CT molecular complexity index is 653. The third kappa shape index (κ3) is 4.50. The maximum absolute atomic E-state index is 12.0. The van der Waals surface area contributed by atoms with Gasteiger partial charge in [-0.25, -0.2) is 0 Å². The molecule has 22 heavy (non-hydrogen) atoms. The summed E-state index contributed by atoms with van der Waals surface area (Å²) < 4.78 is 5.43. The van der Waals surface area contributed by atoms with Crippen LogP contribution in [0.25, 0.3) is 0 Å². The van der Waals surface area contributed by atoms with Crippen molar-refractivity contribution in [3.63, 3.8) is 0 Å². The first-order valence-electron chi connectivity index (χ1n) is 7.20. The van der Waals surface area contributed by atoms with Crippen molar-refractivity contribution in [3.8, 4) is 5.75 Å². The highest BCUT2D eigenvalue weighted by Crippen LogP contribution is 2.17. The van der Waals surface area contributed by atoms with Crippen molar-refractivity contribution in [2.45, 2.75) is 26.8 Å². The summed E-state index contributed by atoms with van der Waals surface area (Å²) >= 11 is 5.80. The average molecular weight is 318 g/mol. The molecule has 4 heteroatoms. The lowest BCUT2D eigenvalue weighted by molar-refractivity contribution is -0.123. The van der Waals surface area contributed by atoms with Gasteiger partial charge in [0.2, 0.25) is 0 Å². The highest BCUT2D eigenvalue weighted by Gasteiger charge is 2.10. The number of nitrogens with one attached hydrogen (secondary N) is 1. The smallest absolute Gasteiger partial charge is 0.258 e. The number of hydrogen-bond acceptors (Lipinski definition) is 2. The summed E-state index contributed by atoms with van der Waals surface area (Å²) in [5.41, 5.74) is 3.55. The first-order valence-corrected chi connectivity index (χ1v) is 7.58. The second-order valence-electron chi connectivity index (χ2n) is 5.38. The van der Waals surface area contributed by atoms with Gasteiger partial charge in [-0.3, -0.25) is 4.79 Å². The predicted molar refractivity (Wildman–Crippen MR) is 89.4 cm³/mol. The molecule has 0 spiro atoms. The molecule has 0 aromatic heterocycles. The van der Waals surface area contributed by atoms with E-state index in [1.54, 1.807) is 24.3 Å². The fourth-order valence-corrected chi connectivity index (χ4v) is 2.21. The van der Waals surface area contributed by atoms with Crippen LogP contribution in [0.2, 0.25) is 5.02 Å². The van der Waals surface area contributed by atoms with Crippen LogP contribution < -0.4 is 10.1 Å². The SMILES string of the molecule is Cc1ccc([C@@H](C)NC(=O)COc2ccc(Cl)cc2)cc1C. The molecule has 1 amide bonds. The molecule has 0 fully saturated rings. The van der Waals surface area contributed by atoms with Crippen molar-refractivity contribution in [1.29, 1.82) is 0 Å². The number of benzene rings is 2. The molecule has 0 aliphatic carbocycles. The van der Waals surface area contributed by atoms with E-state index in [1.165, 1.54) is 11.1 Å². The van der Waals surface area contributed by atoms with Crippen LogP contribution in [0.5, 0.6) is 5.75 Å². The molecule has 3 nitrogen and oxygen atoms in total. The van der Waals surface area contributed by atoms with Crippen molar-refractivity contribution < 1.29 is 9.53 Å². The van der Waals surface area contributed by atoms with Gasteiger partial charge >= 0.3 is 0 Å². The summed E-state index contributed by atoms with van der Waals surface area (Å²) in [5.74, 6) is 0.471. The van der Waals surface area contributed by atoms with Gasteiger partial charge in [0.05, 0.1) is 6.04 Å². The van der Waals surface area contributed by atoms with E-state index >= 15 is 0 Å². The zero-order valence-corrected chi connectivity index (χ0v) is 13.8. The van der Waals surface area contributed by atoms with E-state index in [1.807, 2.05) is 13.0 Å². The zero-order chi connectivity index (χ0) is 16.1. The number of carbonyl (C=O) groups is 1. The van der Waals surface area contributed by atoms with Crippen LogP contribution in [0.15, 0.2) is 42.5 Å². The molecule has 0 aliphatic heterocycles. The van der Waals surface area contributed by atoms with Crippen LogP contribution in [0.3, 0.4) is 0 Å². The Morgan fingerprint density at radius 1 is 1.14 bits per heavy atom. The summed E-state index contributed by atoms with van der Waals surface area (Å²) in [5, 5.41) is 3.57. The lowest BCUT2D eigenvalue weighted by Crippen LogP contribution is -2.31. The van der Waals surface area contributed by atoms with E-state index in [4.69, 9.17) is 16.3 Å². The fraction of sp³-hybridized carbons (Fsp3) is 0.278. The van der Waals surface area contributed by atoms with Gasteiger partial charge in [-0.05, 0) is 61.7 Å². The molecular weight excluding hydrogens is 298 g/mol. The van der Waals surface area contributed by atoms with Gasteiger partial charge < -0.3 is 10.1 Å². The van der Waals surface area contributed by atoms with Crippen molar-refractivity contribution in [1.82, 2.24) is 5.32 Å². The van der Waals surface area contributed by atoms with Gasteiger partial charge in [0.15, 0.2) is 6.61 Å². The number of amides is 1. The van der Waals surface area contributed by atoms with E-state index in [0.717, 1.165) is 5.56 Å². The van der Waals surface area contributed by atoms with Crippen LogP contribution in [-0.2, 0) is 4.79 Å². The van der Waals surface area contributed by atoms with Gasteiger partial charge in [0, 0.05) is 5.02 Å². The third-order valence-electron chi connectivity index (χ3n) is 3.59. The Labute approximate surface area is 136 Å².